The Labute approximate surface area is 155 Å². The maximum Gasteiger partial charge on any atom is 0.237 e. The third kappa shape index (κ3) is 5.04. The number of para-hydroxylation sites is 1. The first-order valence-corrected chi connectivity index (χ1v) is 9.58. The van der Waals surface area contributed by atoms with E-state index in [0.717, 1.165) is 15.2 Å². The van der Waals surface area contributed by atoms with Crippen molar-refractivity contribution in [1.82, 2.24) is 10.2 Å². The highest BCUT2D eigenvalue weighted by atomic mass is 32.2. The molecule has 0 aliphatic heterocycles. The first kappa shape index (κ1) is 17.4. The second-order valence-electron chi connectivity index (χ2n) is 5.29. The number of aromatic nitrogens is 2. The van der Waals surface area contributed by atoms with Crippen molar-refractivity contribution in [2.24, 2.45) is 0 Å². The fourth-order valence-corrected chi connectivity index (χ4v) is 3.79. The monoisotopic (exact) mass is 370 g/mol. The predicted molar refractivity (Wildman–Crippen MR) is 104 cm³/mol. The van der Waals surface area contributed by atoms with Crippen molar-refractivity contribution in [3.8, 4) is 0 Å². The van der Waals surface area contributed by atoms with Crippen LogP contribution in [0.25, 0.3) is 0 Å². The summed E-state index contributed by atoms with van der Waals surface area (Å²) in [5.74, 6) is 0.365. The Bertz CT molecular complexity index is 808. The number of amides is 1. The number of carbonyl (C=O) groups is 1. The second kappa shape index (κ2) is 8.64. The Morgan fingerprint density at radius 2 is 1.76 bits per heavy atom. The lowest BCUT2D eigenvalue weighted by Crippen LogP contribution is -2.27. The van der Waals surface area contributed by atoms with Crippen molar-refractivity contribution < 1.29 is 4.79 Å². The van der Waals surface area contributed by atoms with Crippen LogP contribution in [-0.2, 0) is 11.3 Å². The molecule has 1 aromatic heterocycles. The van der Waals surface area contributed by atoms with Crippen molar-refractivity contribution >= 4 is 39.8 Å². The van der Waals surface area contributed by atoms with Crippen LogP contribution in [-0.4, -0.2) is 28.9 Å². The number of carbonyl (C=O) groups excluding carboxylic acids is 1. The van der Waals surface area contributed by atoms with Crippen LogP contribution >= 0.6 is 23.1 Å². The number of nitrogens with zero attached hydrogens (tertiary/aromatic N) is 3. The Morgan fingerprint density at radius 1 is 1.08 bits per heavy atom. The minimum atomic E-state index is 0.0326. The standard InChI is InChI=1S/C18H18N4OS2/c1-22(15-10-6-3-7-11-15)16(23)13-24-18-21-20-17(25-18)19-12-14-8-4-2-5-9-14/h2-11H,12-13H2,1H3,(H,19,20). The quantitative estimate of drug-likeness (QED) is 0.639. The number of nitrogens with one attached hydrogen (secondary N) is 1. The first-order chi connectivity index (χ1) is 12.2. The lowest BCUT2D eigenvalue weighted by atomic mass is 10.2. The second-order valence-corrected chi connectivity index (χ2v) is 7.49. The topological polar surface area (TPSA) is 58.1 Å². The molecule has 2 aromatic carbocycles. The highest BCUT2D eigenvalue weighted by Crippen LogP contribution is 2.26. The molecule has 3 rings (SSSR count). The van der Waals surface area contributed by atoms with Crippen LogP contribution in [0.15, 0.2) is 65.0 Å². The Balaban J connectivity index is 1.49. The lowest BCUT2D eigenvalue weighted by Gasteiger charge is -2.16. The Morgan fingerprint density at radius 3 is 2.48 bits per heavy atom. The van der Waals surface area contributed by atoms with Crippen molar-refractivity contribution in [3.05, 3.63) is 66.2 Å². The number of hydrogen-bond donors (Lipinski definition) is 1. The van der Waals surface area contributed by atoms with Gasteiger partial charge in [0, 0.05) is 19.3 Å². The van der Waals surface area contributed by atoms with Gasteiger partial charge in [0.15, 0.2) is 4.34 Å². The molecule has 0 aliphatic rings. The number of benzene rings is 2. The maximum atomic E-state index is 12.3. The van der Waals surface area contributed by atoms with Crippen molar-refractivity contribution in [2.75, 3.05) is 23.0 Å². The summed E-state index contributed by atoms with van der Waals surface area (Å²) in [6.45, 7) is 0.704. The summed E-state index contributed by atoms with van der Waals surface area (Å²) in [6, 6.07) is 19.7. The van der Waals surface area contributed by atoms with Gasteiger partial charge >= 0.3 is 0 Å². The van der Waals surface area contributed by atoms with Crippen LogP contribution in [0.1, 0.15) is 5.56 Å². The summed E-state index contributed by atoms with van der Waals surface area (Å²) in [5, 5.41) is 12.3. The van der Waals surface area contributed by atoms with Crippen LogP contribution in [0.2, 0.25) is 0 Å². The van der Waals surface area contributed by atoms with Crippen molar-refractivity contribution in [3.63, 3.8) is 0 Å². The normalized spacial score (nSPS) is 10.4. The van der Waals surface area contributed by atoms with E-state index in [9.17, 15) is 4.79 Å². The van der Waals surface area contributed by atoms with Crippen molar-refractivity contribution in [1.29, 1.82) is 0 Å². The summed E-state index contributed by atoms with van der Waals surface area (Å²) in [4.78, 5) is 13.9. The van der Waals surface area contributed by atoms with Crippen LogP contribution < -0.4 is 10.2 Å². The molecule has 1 amide bonds. The zero-order valence-electron chi connectivity index (χ0n) is 13.8. The molecule has 3 aromatic rings. The molecule has 0 saturated carbocycles. The third-order valence-electron chi connectivity index (χ3n) is 3.53. The van der Waals surface area contributed by atoms with Gasteiger partial charge in [-0.05, 0) is 17.7 Å². The summed E-state index contributed by atoms with van der Waals surface area (Å²) in [7, 11) is 1.78. The van der Waals surface area contributed by atoms with E-state index in [1.54, 1.807) is 11.9 Å². The molecule has 0 atom stereocenters. The van der Waals surface area contributed by atoms with Crippen LogP contribution in [0.4, 0.5) is 10.8 Å². The molecule has 0 aliphatic carbocycles. The molecule has 1 heterocycles. The number of thioether (sulfide) groups is 1. The van der Waals surface area contributed by atoms with E-state index in [2.05, 4.69) is 27.6 Å². The van der Waals surface area contributed by atoms with Crippen LogP contribution in [0.5, 0.6) is 0 Å². The molecule has 0 saturated heterocycles. The summed E-state index contributed by atoms with van der Waals surface area (Å²) >= 11 is 2.87. The predicted octanol–water partition coefficient (Wildman–Crippen LogP) is 3.91. The molecule has 0 radical (unpaired) electrons. The van der Waals surface area contributed by atoms with Gasteiger partial charge < -0.3 is 10.2 Å². The molecule has 128 valence electrons. The minimum Gasteiger partial charge on any atom is -0.356 e. The molecule has 0 spiro atoms. The molecule has 5 nitrogen and oxygen atoms in total. The zero-order valence-corrected chi connectivity index (χ0v) is 15.4. The van der Waals surface area contributed by atoms with Crippen LogP contribution in [0, 0.1) is 0 Å². The maximum absolute atomic E-state index is 12.3. The van der Waals surface area contributed by atoms with Gasteiger partial charge in [0.25, 0.3) is 0 Å². The molecule has 1 N–H and O–H groups in total. The molecular formula is C18H18N4OS2. The van der Waals surface area contributed by atoms with Gasteiger partial charge in [-0.15, -0.1) is 10.2 Å². The molecular weight excluding hydrogens is 352 g/mol. The molecule has 0 unspecified atom stereocenters. The van der Waals surface area contributed by atoms with Gasteiger partial charge in [0.2, 0.25) is 11.0 Å². The zero-order chi connectivity index (χ0) is 17.5. The largest absolute Gasteiger partial charge is 0.356 e. The van der Waals surface area contributed by atoms with Crippen LogP contribution in [0.3, 0.4) is 0 Å². The van der Waals surface area contributed by atoms with Gasteiger partial charge in [-0.2, -0.15) is 0 Å². The molecule has 0 fully saturated rings. The van der Waals surface area contributed by atoms with Gasteiger partial charge in [-0.25, -0.2) is 0 Å². The van der Waals surface area contributed by atoms with E-state index in [1.807, 2.05) is 48.5 Å². The fraction of sp³-hybridized carbons (Fsp3) is 0.167. The SMILES string of the molecule is CN(C(=O)CSc1nnc(NCc2ccccc2)s1)c1ccccc1. The number of hydrogen-bond acceptors (Lipinski definition) is 6. The first-order valence-electron chi connectivity index (χ1n) is 7.78. The number of rotatable bonds is 7. The molecule has 25 heavy (non-hydrogen) atoms. The van der Waals surface area contributed by atoms with E-state index in [1.165, 1.54) is 28.7 Å². The van der Waals surface area contributed by atoms with E-state index >= 15 is 0 Å². The van der Waals surface area contributed by atoms with Gasteiger partial charge in [-0.1, -0.05) is 71.6 Å². The Hall–Kier alpha value is -2.38. The van der Waals surface area contributed by atoms with E-state index in [-0.39, 0.29) is 5.91 Å². The highest BCUT2D eigenvalue weighted by molar-refractivity contribution is 8.01. The Kier molecular flexibility index (Phi) is 6.03. The van der Waals surface area contributed by atoms with Gasteiger partial charge in [0.1, 0.15) is 0 Å². The molecule has 7 heteroatoms. The smallest absolute Gasteiger partial charge is 0.237 e. The van der Waals surface area contributed by atoms with E-state index < -0.39 is 0 Å². The molecule has 0 bridgehead atoms. The summed E-state index contributed by atoms with van der Waals surface area (Å²) < 4.78 is 0.783. The van der Waals surface area contributed by atoms with Crippen molar-refractivity contribution in [2.45, 2.75) is 10.9 Å². The fourth-order valence-electron chi connectivity index (χ4n) is 2.13. The third-order valence-corrected chi connectivity index (χ3v) is 5.53. The summed E-state index contributed by atoms with van der Waals surface area (Å²) in [5.41, 5.74) is 2.07. The lowest BCUT2D eigenvalue weighted by molar-refractivity contribution is -0.115. The van der Waals surface area contributed by atoms with Gasteiger partial charge in [-0.3, -0.25) is 4.79 Å². The highest BCUT2D eigenvalue weighted by Gasteiger charge is 2.13. The average Bonchev–Trinajstić information content (AvgIpc) is 3.13. The summed E-state index contributed by atoms with van der Waals surface area (Å²) in [6.07, 6.45) is 0. The van der Waals surface area contributed by atoms with E-state index in [4.69, 9.17) is 0 Å². The van der Waals surface area contributed by atoms with E-state index in [0.29, 0.717) is 12.3 Å². The minimum absolute atomic E-state index is 0.0326. The van der Waals surface area contributed by atoms with Gasteiger partial charge in [0.05, 0.1) is 5.75 Å². The average molecular weight is 371 g/mol. The number of anilines is 2.